The molecule has 0 bridgehead atoms. The van der Waals surface area contributed by atoms with Crippen LogP contribution in [-0.2, 0) is 42.9 Å². The van der Waals surface area contributed by atoms with Gasteiger partial charge < -0.3 is 29.0 Å². The van der Waals surface area contributed by atoms with Gasteiger partial charge in [-0.3, -0.25) is 19.2 Å². The summed E-state index contributed by atoms with van der Waals surface area (Å²) >= 11 is 0. The van der Waals surface area contributed by atoms with Gasteiger partial charge in [-0.2, -0.15) is 0 Å². The van der Waals surface area contributed by atoms with Crippen molar-refractivity contribution in [3.63, 3.8) is 0 Å². The van der Waals surface area contributed by atoms with Crippen LogP contribution in [0.3, 0.4) is 0 Å². The van der Waals surface area contributed by atoms with E-state index in [0.29, 0.717) is 0 Å². The van der Waals surface area contributed by atoms with E-state index in [9.17, 15) is 19.2 Å². The molecule has 0 aromatic carbocycles. The predicted octanol–water partition coefficient (Wildman–Crippen LogP) is 0.992. The summed E-state index contributed by atoms with van der Waals surface area (Å²) in [6.45, 7) is 4.73. The molecule has 2 aliphatic rings. The third-order valence-corrected chi connectivity index (χ3v) is 4.95. The number of carbonyl (C=O) groups excluding carboxylic acids is 4. The number of hydrogen-bond donors (Lipinski definition) is 1. The average Bonchev–Trinajstić information content (AvgIpc) is 2.64. The summed E-state index contributed by atoms with van der Waals surface area (Å²) in [6, 6.07) is -0.911. The summed E-state index contributed by atoms with van der Waals surface area (Å²) in [5.41, 5.74) is 0. The molecule has 0 unspecified atom stereocenters. The third-order valence-electron chi connectivity index (χ3n) is 4.95. The van der Waals surface area contributed by atoms with Gasteiger partial charge in [-0.05, 0) is 12.8 Å². The van der Waals surface area contributed by atoms with E-state index >= 15 is 0 Å². The van der Waals surface area contributed by atoms with Gasteiger partial charge >= 0.3 is 17.9 Å². The monoisotopic (exact) mass is 429 g/mol. The van der Waals surface area contributed by atoms with E-state index in [-0.39, 0.29) is 12.7 Å². The fourth-order valence-electron chi connectivity index (χ4n) is 3.80. The van der Waals surface area contributed by atoms with Gasteiger partial charge in [0.2, 0.25) is 5.91 Å². The van der Waals surface area contributed by atoms with E-state index in [0.717, 1.165) is 32.1 Å². The van der Waals surface area contributed by atoms with Crippen LogP contribution in [0.2, 0.25) is 0 Å². The van der Waals surface area contributed by atoms with Crippen molar-refractivity contribution in [3.8, 4) is 0 Å². The summed E-state index contributed by atoms with van der Waals surface area (Å²) in [5.74, 6) is -2.20. The fraction of sp³-hybridized carbons (Fsp3) is 0.800. The van der Waals surface area contributed by atoms with Crippen molar-refractivity contribution in [1.82, 2.24) is 5.32 Å². The minimum atomic E-state index is -1.10. The molecule has 1 amide bonds. The zero-order valence-corrected chi connectivity index (χ0v) is 17.9. The number of amides is 1. The second-order valence-corrected chi connectivity index (χ2v) is 7.62. The molecule has 2 rings (SSSR count). The minimum Gasteiger partial charge on any atom is -0.463 e. The fourth-order valence-corrected chi connectivity index (χ4v) is 3.80. The third kappa shape index (κ3) is 7.24. The first kappa shape index (κ1) is 24.1. The number of hydrogen-bond acceptors (Lipinski definition) is 9. The summed E-state index contributed by atoms with van der Waals surface area (Å²) in [5, 5.41) is 2.70. The molecule has 0 radical (unpaired) electrons. The molecule has 1 aliphatic carbocycles. The maximum atomic E-state index is 11.9. The standard InChI is InChI=1S/C20H31NO9/c1-11(22)21-17-19(28-14(4)25)18(27-13(3)24)16(10-26-12(2)23)30-20(17)29-15-8-6-5-7-9-15/h15-20H,5-10H2,1-4H3,(H,21,22)/t16-,17+,18-,19+,20-/m1/s1. The van der Waals surface area contributed by atoms with Crippen molar-refractivity contribution in [2.75, 3.05) is 6.61 Å². The van der Waals surface area contributed by atoms with Crippen LogP contribution < -0.4 is 5.32 Å². The molecular weight excluding hydrogens is 398 g/mol. The first-order valence-corrected chi connectivity index (χ1v) is 10.2. The van der Waals surface area contributed by atoms with Gasteiger partial charge in [0.05, 0.1) is 6.10 Å². The van der Waals surface area contributed by atoms with E-state index in [1.54, 1.807) is 0 Å². The summed E-state index contributed by atoms with van der Waals surface area (Å²) in [7, 11) is 0. The van der Waals surface area contributed by atoms with Crippen LogP contribution in [0.25, 0.3) is 0 Å². The molecule has 5 atom stereocenters. The number of ether oxygens (including phenoxy) is 5. The summed E-state index contributed by atoms with van der Waals surface area (Å²) in [4.78, 5) is 46.7. The van der Waals surface area contributed by atoms with Gasteiger partial charge in [0, 0.05) is 27.7 Å². The molecule has 1 saturated heterocycles. The molecule has 0 spiro atoms. The Labute approximate surface area is 175 Å². The first-order valence-electron chi connectivity index (χ1n) is 10.2. The van der Waals surface area contributed by atoms with Gasteiger partial charge in [-0.15, -0.1) is 0 Å². The Kier molecular flexibility index (Phi) is 9.04. The van der Waals surface area contributed by atoms with Gasteiger partial charge in [0.1, 0.15) is 18.8 Å². The first-order chi connectivity index (χ1) is 14.2. The Morgan fingerprint density at radius 1 is 0.867 bits per heavy atom. The number of nitrogens with one attached hydrogen (secondary N) is 1. The zero-order chi connectivity index (χ0) is 22.3. The Hall–Kier alpha value is -2.20. The average molecular weight is 429 g/mol. The molecular formula is C20H31NO9. The van der Waals surface area contributed by atoms with Gasteiger partial charge in [-0.25, -0.2) is 0 Å². The maximum absolute atomic E-state index is 11.9. The van der Waals surface area contributed by atoms with Crippen LogP contribution in [-0.4, -0.2) is 67.2 Å². The number of carbonyl (C=O) groups is 4. The topological polar surface area (TPSA) is 126 Å². The normalized spacial score (nSPS) is 29.5. The van der Waals surface area contributed by atoms with Crippen molar-refractivity contribution in [2.24, 2.45) is 0 Å². The molecule has 170 valence electrons. The molecule has 0 aromatic heterocycles. The number of esters is 3. The molecule has 1 heterocycles. The van der Waals surface area contributed by atoms with E-state index in [1.807, 2.05) is 0 Å². The lowest BCUT2D eigenvalue weighted by Crippen LogP contribution is -2.67. The Bertz CT molecular complexity index is 632. The lowest BCUT2D eigenvalue weighted by Gasteiger charge is -2.46. The number of rotatable bonds is 7. The molecule has 10 nitrogen and oxygen atoms in total. The zero-order valence-electron chi connectivity index (χ0n) is 17.9. The van der Waals surface area contributed by atoms with E-state index < -0.39 is 54.5 Å². The van der Waals surface area contributed by atoms with Crippen molar-refractivity contribution in [3.05, 3.63) is 0 Å². The highest BCUT2D eigenvalue weighted by Crippen LogP contribution is 2.31. The lowest BCUT2D eigenvalue weighted by atomic mass is 9.94. The Balaban J connectivity index is 2.34. The lowest BCUT2D eigenvalue weighted by molar-refractivity contribution is -0.289. The molecule has 10 heteroatoms. The molecule has 0 aromatic rings. The summed E-state index contributed by atoms with van der Waals surface area (Å²) < 4.78 is 28.0. The molecule has 1 N–H and O–H groups in total. The summed E-state index contributed by atoms with van der Waals surface area (Å²) in [6.07, 6.45) is 0.643. The van der Waals surface area contributed by atoms with Crippen molar-refractivity contribution >= 4 is 23.8 Å². The van der Waals surface area contributed by atoms with Crippen LogP contribution in [0.5, 0.6) is 0 Å². The predicted molar refractivity (Wildman–Crippen MR) is 102 cm³/mol. The highest BCUT2D eigenvalue weighted by molar-refractivity contribution is 5.73. The van der Waals surface area contributed by atoms with Gasteiger partial charge in [-0.1, -0.05) is 19.3 Å². The maximum Gasteiger partial charge on any atom is 0.303 e. The largest absolute Gasteiger partial charge is 0.463 e. The van der Waals surface area contributed by atoms with Gasteiger partial charge in [0.15, 0.2) is 18.5 Å². The highest BCUT2D eigenvalue weighted by Gasteiger charge is 2.51. The second-order valence-electron chi connectivity index (χ2n) is 7.62. The van der Waals surface area contributed by atoms with Crippen LogP contribution in [0.4, 0.5) is 0 Å². The van der Waals surface area contributed by atoms with Crippen LogP contribution in [0, 0.1) is 0 Å². The van der Waals surface area contributed by atoms with E-state index in [1.165, 1.54) is 27.7 Å². The smallest absolute Gasteiger partial charge is 0.303 e. The molecule has 1 aliphatic heterocycles. The highest BCUT2D eigenvalue weighted by atomic mass is 16.7. The quantitative estimate of drug-likeness (QED) is 0.466. The van der Waals surface area contributed by atoms with Crippen LogP contribution in [0.15, 0.2) is 0 Å². The van der Waals surface area contributed by atoms with Crippen molar-refractivity contribution in [2.45, 2.75) is 96.5 Å². The second kappa shape index (κ2) is 11.3. The Morgan fingerprint density at radius 2 is 1.47 bits per heavy atom. The SMILES string of the molecule is CC(=O)N[C@@H]1[C@H](OC2CCCCC2)O[C@H](COC(C)=O)[C@@H](OC(C)=O)[C@H]1OC(C)=O. The molecule has 2 fully saturated rings. The van der Waals surface area contributed by atoms with E-state index in [4.69, 9.17) is 23.7 Å². The van der Waals surface area contributed by atoms with Gasteiger partial charge in [0.25, 0.3) is 0 Å². The van der Waals surface area contributed by atoms with Crippen molar-refractivity contribution in [1.29, 1.82) is 0 Å². The Morgan fingerprint density at radius 3 is 2.00 bits per heavy atom. The molecule has 30 heavy (non-hydrogen) atoms. The molecule has 1 saturated carbocycles. The van der Waals surface area contributed by atoms with Crippen molar-refractivity contribution < 1.29 is 42.9 Å². The minimum absolute atomic E-state index is 0.0855. The van der Waals surface area contributed by atoms with Crippen LogP contribution >= 0.6 is 0 Å². The van der Waals surface area contributed by atoms with E-state index in [2.05, 4.69) is 5.32 Å². The van der Waals surface area contributed by atoms with Crippen LogP contribution in [0.1, 0.15) is 59.8 Å².